The number of hydrogen-bond donors (Lipinski definition) is 1. The number of carbonyl (C=O) groups is 1. The molecule has 0 atom stereocenters. The van der Waals surface area contributed by atoms with Gasteiger partial charge in [-0.1, -0.05) is 12.1 Å². The van der Waals surface area contributed by atoms with E-state index < -0.39 is 0 Å². The number of nitrogens with one attached hydrogen (secondary N) is 1. The summed E-state index contributed by atoms with van der Waals surface area (Å²) >= 11 is 0. The van der Waals surface area contributed by atoms with E-state index in [4.69, 9.17) is 4.74 Å². The number of carbonyl (C=O) groups excluding carboxylic acids is 1. The third kappa shape index (κ3) is 2.95. The fourth-order valence-electron chi connectivity index (χ4n) is 1.67. The fourth-order valence-corrected chi connectivity index (χ4v) is 1.67. The van der Waals surface area contributed by atoms with Crippen molar-refractivity contribution in [2.45, 2.75) is 0 Å². The third-order valence-electron chi connectivity index (χ3n) is 2.46. The van der Waals surface area contributed by atoms with Crippen molar-refractivity contribution in [3.63, 3.8) is 0 Å². The van der Waals surface area contributed by atoms with E-state index in [9.17, 15) is 4.79 Å². The van der Waals surface area contributed by atoms with Crippen molar-refractivity contribution < 1.29 is 9.53 Å². The molecule has 0 saturated heterocycles. The first-order valence-corrected chi connectivity index (χ1v) is 5.57. The summed E-state index contributed by atoms with van der Waals surface area (Å²) in [6.45, 7) is 0.0527. The van der Waals surface area contributed by atoms with Gasteiger partial charge < -0.3 is 10.1 Å². The van der Waals surface area contributed by atoms with Crippen LogP contribution in [-0.2, 0) is 16.6 Å². The highest BCUT2D eigenvalue weighted by Crippen LogP contribution is 2.21. The Labute approximate surface area is 105 Å². The first kappa shape index (κ1) is 12.3. The van der Waals surface area contributed by atoms with Crippen LogP contribution >= 0.6 is 0 Å². The van der Waals surface area contributed by atoms with Crippen LogP contribution in [0, 0.1) is 0 Å². The minimum Gasteiger partial charge on any atom is -0.375 e. The van der Waals surface area contributed by atoms with Crippen LogP contribution in [0.2, 0.25) is 0 Å². The van der Waals surface area contributed by atoms with Crippen molar-refractivity contribution in [1.82, 2.24) is 9.78 Å². The molecule has 0 spiro atoms. The quantitative estimate of drug-likeness (QED) is 0.891. The van der Waals surface area contributed by atoms with Gasteiger partial charge in [0.1, 0.15) is 6.61 Å². The van der Waals surface area contributed by atoms with Gasteiger partial charge in [-0.15, -0.1) is 0 Å². The van der Waals surface area contributed by atoms with Gasteiger partial charge in [0.15, 0.2) is 0 Å². The molecule has 0 aliphatic rings. The number of nitrogens with zero attached hydrogens (tertiary/aromatic N) is 2. The summed E-state index contributed by atoms with van der Waals surface area (Å²) in [5, 5.41) is 6.89. The lowest BCUT2D eigenvalue weighted by Crippen LogP contribution is -2.16. The average Bonchev–Trinajstić information content (AvgIpc) is 2.76. The molecular formula is C13H15N3O2. The summed E-state index contributed by atoms with van der Waals surface area (Å²) in [4.78, 5) is 11.4. The van der Waals surface area contributed by atoms with Crippen molar-refractivity contribution in [2.24, 2.45) is 7.05 Å². The van der Waals surface area contributed by atoms with Gasteiger partial charge in [-0.2, -0.15) is 5.10 Å². The van der Waals surface area contributed by atoms with E-state index in [1.165, 1.54) is 7.11 Å². The number of aryl methyl sites for hydroxylation is 1. The van der Waals surface area contributed by atoms with E-state index >= 15 is 0 Å². The standard InChI is InChI=1S/C13H15N3O2/c1-16-8-11(7-14-16)10-4-3-5-12(6-10)15-13(17)9-18-2/h3-8H,9H2,1-2H3,(H,15,17). The molecule has 18 heavy (non-hydrogen) atoms. The van der Waals surface area contributed by atoms with Crippen LogP contribution in [-0.4, -0.2) is 29.4 Å². The predicted octanol–water partition coefficient (Wildman–Crippen LogP) is 1.67. The molecule has 0 aliphatic carbocycles. The minimum absolute atomic E-state index is 0.0527. The van der Waals surface area contributed by atoms with Crippen molar-refractivity contribution >= 4 is 11.6 Å². The highest BCUT2D eigenvalue weighted by molar-refractivity contribution is 5.92. The lowest BCUT2D eigenvalue weighted by molar-refractivity contribution is -0.119. The second kappa shape index (κ2) is 5.46. The smallest absolute Gasteiger partial charge is 0.250 e. The van der Waals surface area contributed by atoms with Crippen LogP contribution in [0.1, 0.15) is 0 Å². The molecule has 1 amide bonds. The molecule has 2 aromatic rings. The third-order valence-corrected chi connectivity index (χ3v) is 2.46. The number of anilines is 1. The van der Waals surface area contributed by atoms with E-state index in [1.54, 1.807) is 10.9 Å². The number of methoxy groups -OCH3 is 1. The van der Waals surface area contributed by atoms with Gasteiger partial charge in [0, 0.05) is 31.6 Å². The van der Waals surface area contributed by atoms with Crippen LogP contribution in [0.25, 0.3) is 11.1 Å². The largest absolute Gasteiger partial charge is 0.375 e. The van der Waals surface area contributed by atoms with E-state index in [1.807, 2.05) is 37.5 Å². The van der Waals surface area contributed by atoms with Gasteiger partial charge in [0.2, 0.25) is 5.91 Å². The van der Waals surface area contributed by atoms with Gasteiger partial charge in [-0.05, 0) is 17.7 Å². The zero-order chi connectivity index (χ0) is 13.0. The number of amides is 1. The second-order valence-electron chi connectivity index (χ2n) is 3.96. The average molecular weight is 245 g/mol. The maximum absolute atomic E-state index is 11.4. The van der Waals surface area contributed by atoms with Gasteiger partial charge in [0.25, 0.3) is 0 Å². The normalized spacial score (nSPS) is 10.3. The van der Waals surface area contributed by atoms with Crippen LogP contribution in [0.4, 0.5) is 5.69 Å². The van der Waals surface area contributed by atoms with Gasteiger partial charge in [-0.25, -0.2) is 0 Å². The molecule has 0 aliphatic heterocycles. The molecule has 1 heterocycles. The van der Waals surface area contributed by atoms with Crippen LogP contribution in [0.5, 0.6) is 0 Å². The Morgan fingerprint density at radius 3 is 2.94 bits per heavy atom. The molecule has 94 valence electrons. The molecular weight excluding hydrogens is 230 g/mol. The van der Waals surface area contributed by atoms with E-state index in [0.29, 0.717) is 0 Å². The van der Waals surface area contributed by atoms with E-state index in [0.717, 1.165) is 16.8 Å². The summed E-state index contributed by atoms with van der Waals surface area (Å²) < 4.78 is 6.51. The Kier molecular flexibility index (Phi) is 3.74. The van der Waals surface area contributed by atoms with Crippen molar-refractivity contribution in [1.29, 1.82) is 0 Å². The number of ether oxygens (including phenoxy) is 1. The summed E-state index contributed by atoms with van der Waals surface area (Å²) in [5.41, 5.74) is 2.78. The molecule has 2 rings (SSSR count). The lowest BCUT2D eigenvalue weighted by Gasteiger charge is -2.06. The molecule has 0 bridgehead atoms. The molecule has 5 heteroatoms. The lowest BCUT2D eigenvalue weighted by atomic mass is 10.1. The fraction of sp³-hybridized carbons (Fsp3) is 0.231. The van der Waals surface area contributed by atoms with Crippen molar-refractivity contribution in [3.05, 3.63) is 36.7 Å². The Balaban J connectivity index is 2.17. The summed E-state index contributed by atoms with van der Waals surface area (Å²) in [5.74, 6) is -0.166. The van der Waals surface area contributed by atoms with Crippen LogP contribution in [0.15, 0.2) is 36.7 Å². The molecule has 0 unspecified atom stereocenters. The minimum atomic E-state index is -0.166. The molecule has 0 radical (unpaired) electrons. The molecule has 0 saturated carbocycles. The molecule has 1 aromatic carbocycles. The molecule has 0 fully saturated rings. The Morgan fingerprint density at radius 2 is 2.28 bits per heavy atom. The SMILES string of the molecule is COCC(=O)Nc1cccc(-c2cnn(C)c2)c1. The Hall–Kier alpha value is -2.14. The van der Waals surface area contributed by atoms with Gasteiger partial charge >= 0.3 is 0 Å². The number of rotatable bonds is 4. The molecule has 1 N–H and O–H groups in total. The number of benzene rings is 1. The zero-order valence-corrected chi connectivity index (χ0v) is 10.4. The highest BCUT2D eigenvalue weighted by atomic mass is 16.5. The zero-order valence-electron chi connectivity index (χ0n) is 10.4. The van der Waals surface area contributed by atoms with E-state index in [-0.39, 0.29) is 12.5 Å². The second-order valence-corrected chi connectivity index (χ2v) is 3.96. The van der Waals surface area contributed by atoms with Crippen molar-refractivity contribution in [2.75, 3.05) is 19.0 Å². The monoisotopic (exact) mass is 245 g/mol. The van der Waals surface area contributed by atoms with Crippen molar-refractivity contribution in [3.8, 4) is 11.1 Å². The maximum Gasteiger partial charge on any atom is 0.250 e. The first-order valence-electron chi connectivity index (χ1n) is 5.57. The Bertz CT molecular complexity index is 549. The topological polar surface area (TPSA) is 56.1 Å². The Morgan fingerprint density at radius 1 is 1.44 bits per heavy atom. The number of aromatic nitrogens is 2. The molecule has 5 nitrogen and oxygen atoms in total. The number of hydrogen-bond acceptors (Lipinski definition) is 3. The summed E-state index contributed by atoms with van der Waals surface area (Å²) in [6, 6.07) is 7.62. The van der Waals surface area contributed by atoms with Gasteiger partial charge in [-0.3, -0.25) is 9.48 Å². The van der Waals surface area contributed by atoms with E-state index in [2.05, 4.69) is 10.4 Å². The van der Waals surface area contributed by atoms with Crippen LogP contribution < -0.4 is 5.32 Å². The predicted molar refractivity (Wildman–Crippen MR) is 69.1 cm³/mol. The summed E-state index contributed by atoms with van der Waals surface area (Å²) in [6.07, 6.45) is 3.71. The summed E-state index contributed by atoms with van der Waals surface area (Å²) in [7, 11) is 3.36. The van der Waals surface area contributed by atoms with Crippen LogP contribution in [0.3, 0.4) is 0 Å². The van der Waals surface area contributed by atoms with Gasteiger partial charge in [0.05, 0.1) is 6.20 Å². The first-order chi connectivity index (χ1) is 8.69. The maximum atomic E-state index is 11.4. The highest BCUT2D eigenvalue weighted by Gasteiger charge is 2.04. The molecule has 1 aromatic heterocycles.